The molecule has 5 heterocycles. The fourth-order valence-corrected chi connectivity index (χ4v) is 7.02. The van der Waals surface area contributed by atoms with E-state index in [0.717, 1.165) is 5.69 Å². The van der Waals surface area contributed by atoms with Crippen LogP contribution in [0.1, 0.15) is 12.5 Å². The van der Waals surface area contributed by atoms with E-state index in [9.17, 15) is 14.7 Å². The van der Waals surface area contributed by atoms with Gasteiger partial charge in [0, 0.05) is 52.4 Å². The van der Waals surface area contributed by atoms with E-state index in [1.165, 1.54) is 0 Å². The van der Waals surface area contributed by atoms with E-state index < -0.39 is 18.8 Å². The minimum absolute atomic E-state index is 0.00524. The summed E-state index contributed by atoms with van der Waals surface area (Å²) in [6.07, 6.45) is 5.36. The fourth-order valence-electron chi connectivity index (χ4n) is 7.02. The lowest BCUT2D eigenvalue weighted by Gasteiger charge is -2.34. The van der Waals surface area contributed by atoms with Crippen LogP contribution in [0.2, 0.25) is 0 Å². The zero-order valence-corrected chi connectivity index (χ0v) is 35.7. The summed E-state index contributed by atoms with van der Waals surface area (Å²) < 4.78 is 65.2. The van der Waals surface area contributed by atoms with Crippen molar-refractivity contribution < 1.29 is 71.4 Å². The van der Waals surface area contributed by atoms with E-state index in [0.29, 0.717) is 106 Å². The van der Waals surface area contributed by atoms with Crippen LogP contribution < -0.4 is 19.5 Å². The zero-order valence-electron chi connectivity index (χ0n) is 35.7. The number of epoxide rings is 5. The van der Waals surface area contributed by atoms with E-state index in [1.807, 2.05) is 45.9 Å². The Morgan fingerprint density at radius 2 is 1.15 bits per heavy atom. The Kier molecular flexibility index (Phi) is 12.6. The highest BCUT2D eigenvalue weighted by Gasteiger charge is 2.37. The average Bonchev–Trinajstić information content (AvgIpc) is 4.09. The number of allylic oxidation sites excluding steroid dienone is 7. The number of rotatable bonds is 23. The predicted octanol–water partition coefficient (Wildman–Crippen LogP) is 4.17. The molecule has 0 radical (unpaired) electrons. The Bertz CT molecular complexity index is 2390. The molecule has 5 atom stereocenters. The number of ketones is 1. The van der Waals surface area contributed by atoms with Crippen LogP contribution in [-0.2, 0) is 52.2 Å². The zero-order chi connectivity index (χ0) is 44.4. The lowest BCUT2D eigenvalue weighted by Crippen LogP contribution is -2.38. The van der Waals surface area contributed by atoms with Gasteiger partial charge in [-0.3, -0.25) is 19.2 Å². The van der Waals surface area contributed by atoms with Crippen LogP contribution in [0.5, 0.6) is 11.5 Å². The minimum Gasteiger partial charge on any atom is -0.871 e. The monoisotopic (exact) mass is 888 g/mol. The Morgan fingerprint density at radius 1 is 0.677 bits per heavy atom. The molecule has 65 heavy (non-hydrogen) atoms. The average molecular weight is 889 g/mol. The fraction of sp³-hybridized carbons (Fsp3) is 0.367. The maximum absolute atomic E-state index is 13.9. The van der Waals surface area contributed by atoms with E-state index >= 15 is 0 Å². The second-order valence-electron chi connectivity index (χ2n) is 16.4. The van der Waals surface area contributed by atoms with Crippen molar-refractivity contribution in [1.29, 1.82) is 0 Å². The molecular formula is C49H48N2O14. The number of anilines is 2. The molecule has 5 unspecified atom stereocenters. The largest absolute Gasteiger partial charge is 0.871 e. The molecule has 0 spiro atoms. The van der Waals surface area contributed by atoms with Crippen LogP contribution in [-0.4, -0.2) is 131 Å². The van der Waals surface area contributed by atoms with E-state index in [-0.39, 0.29) is 58.8 Å². The summed E-state index contributed by atoms with van der Waals surface area (Å²) in [6.45, 7) is 10.1. The summed E-state index contributed by atoms with van der Waals surface area (Å²) in [4.78, 5) is 28.0. The molecule has 2 aliphatic carbocycles. The van der Waals surface area contributed by atoms with Gasteiger partial charge in [-0.05, 0) is 78.7 Å². The molecule has 10 rings (SSSR count). The Morgan fingerprint density at radius 3 is 1.65 bits per heavy atom. The second kappa shape index (κ2) is 19.0. The molecule has 0 amide bonds. The summed E-state index contributed by atoms with van der Waals surface area (Å²) in [6, 6.07) is 21.7. The van der Waals surface area contributed by atoms with Gasteiger partial charge in [-0.25, -0.2) is 4.79 Å². The van der Waals surface area contributed by atoms with Crippen LogP contribution in [0.25, 0.3) is 5.57 Å². The summed E-state index contributed by atoms with van der Waals surface area (Å²) in [5.74, 6) is -0.198. The van der Waals surface area contributed by atoms with Crippen LogP contribution in [0.4, 0.5) is 17.1 Å². The van der Waals surface area contributed by atoms with Crippen molar-refractivity contribution in [3.63, 3.8) is 0 Å². The third-order valence-electron chi connectivity index (χ3n) is 11.1. The molecule has 338 valence electrons. The molecule has 16 nitrogen and oxygen atoms in total. The van der Waals surface area contributed by atoms with Crippen LogP contribution in [0.15, 0.2) is 126 Å². The molecule has 7 aliphatic rings. The normalized spacial score (nSPS) is 24.3. The van der Waals surface area contributed by atoms with Gasteiger partial charge in [-0.2, -0.15) is 0 Å². The van der Waals surface area contributed by atoms with Crippen LogP contribution in [0, 0.1) is 0 Å². The number of ether oxygens (including phenoxy) is 11. The first-order chi connectivity index (χ1) is 31.7. The molecule has 5 aliphatic heterocycles. The van der Waals surface area contributed by atoms with E-state index in [1.54, 1.807) is 67.6 Å². The smallest absolute Gasteiger partial charge is 0.382 e. The summed E-state index contributed by atoms with van der Waals surface area (Å²) >= 11 is 0. The number of Topliss-reactive ketones (excluding diaryl/α,β-unsaturated/α-hetero) is 1. The summed E-state index contributed by atoms with van der Waals surface area (Å²) in [5, 5.41) is 13.9. The first-order valence-electron chi connectivity index (χ1n) is 21.6. The third-order valence-corrected chi connectivity index (χ3v) is 11.1. The highest BCUT2D eigenvalue weighted by atomic mass is 16.7. The summed E-state index contributed by atoms with van der Waals surface area (Å²) in [5.41, 5.74) is 4.23. The van der Waals surface area contributed by atoms with E-state index in [4.69, 9.17) is 52.1 Å². The summed E-state index contributed by atoms with van der Waals surface area (Å²) in [7, 11) is 0. The Labute approximate surface area is 375 Å². The highest BCUT2D eigenvalue weighted by molar-refractivity contribution is 6.39. The molecule has 5 fully saturated rings. The van der Waals surface area contributed by atoms with Crippen molar-refractivity contribution in [2.75, 3.05) is 71.0 Å². The van der Waals surface area contributed by atoms with Crippen LogP contribution in [0.3, 0.4) is 0 Å². The number of benzene rings is 3. The molecule has 0 aromatic heterocycles. The predicted molar refractivity (Wildman–Crippen MR) is 230 cm³/mol. The Balaban J connectivity index is 0.910. The lowest BCUT2D eigenvalue weighted by atomic mass is 9.80. The number of carbonyl (C=O) groups excluding carboxylic acids is 2. The molecule has 5 saturated heterocycles. The maximum atomic E-state index is 13.9. The molecule has 0 saturated carbocycles. The number of esters is 1. The van der Waals surface area contributed by atoms with Gasteiger partial charge in [0.1, 0.15) is 48.6 Å². The van der Waals surface area contributed by atoms with Crippen molar-refractivity contribution in [2.45, 2.75) is 50.3 Å². The van der Waals surface area contributed by atoms with Crippen molar-refractivity contribution in [2.24, 2.45) is 0 Å². The quantitative estimate of drug-likeness (QED) is 0.0330. The maximum Gasteiger partial charge on any atom is 0.382 e. The molecule has 0 N–H and O–H groups in total. The van der Waals surface area contributed by atoms with Gasteiger partial charge >= 0.3 is 12.4 Å². The van der Waals surface area contributed by atoms with Gasteiger partial charge in [-0.15, -0.1) is 4.58 Å². The molecule has 3 aromatic rings. The molecule has 3 aromatic carbocycles. The number of carbonyl (C=O) groups is 2. The second-order valence-corrected chi connectivity index (χ2v) is 16.4. The van der Waals surface area contributed by atoms with Gasteiger partial charge < -0.3 is 47.7 Å². The first kappa shape index (κ1) is 43.1. The standard InChI is InChI=1S/C49H48N2O14/c1-29(2)47(54)65-37-17-13-35(14-18-37)51(49(63-27-41-23-59-41)64-28-42-24-60-42)33-9-5-31(6-10-33)44-45(52)43(46(44)53)30-3-7-32(8-4-30)50(34-11-15-36(16-12-34)55-19-38-20-56-38)48(61-25-39-21-57-39)62-26-40-22-58-40/h3-18,38-42,48-49H,1,19-28H2,2H3. The molecular weight excluding hydrogens is 841 g/mol. The lowest BCUT2D eigenvalue weighted by molar-refractivity contribution is -0.605. The topological polar surface area (TPSA) is 181 Å². The number of hydrogen-bond donors (Lipinski definition) is 0. The third kappa shape index (κ3) is 10.8. The van der Waals surface area contributed by atoms with Crippen molar-refractivity contribution in [3.8, 4) is 11.5 Å². The van der Waals surface area contributed by atoms with Gasteiger partial charge in [0.2, 0.25) is 17.8 Å². The van der Waals surface area contributed by atoms with Gasteiger partial charge in [0.05, 0.1) is 59.5 Å². The molecule has 16 heteroatoms. The van der Waals surface area contributed by atoms with Crippen molar-refractivity contribution in [3.05, 3.63) is 132 Å². The van der Waals surface area contributed by atoms with Gasteiger partial charge in [0.25, 0.3) is 0 Å². The van der Waals surface area contributed by atoms with Gasteiger partial charge in [0.15, 0.2) is 5.78 Å². The first-order valence-corrected chi connectivity index (χ1v) is 21.6. The van der Waals surface area contributed by atoms with Crippen LogP contribution >= 0.6 is 0 Å². The van der Waals surface area contributed by atoms with Gasteiger partial charge in [-0.1, -0.05) is 24.5 Å². The molecule has 0 bridgehead atoms. The van der Waals surface area contributed by atoms with Crippen molar-refractivity contribution in [1.82, 2.24) is 0 Å². The SMILES string of the molecule is C=C(C)C(=O)Oc1ccc([N+](=C2C=CC(=C3C(=O)C(c4ccc(N(c5ccc(OCC6CO6)cc5)C(OCC5CO5)OCC5CO5)cc4)=C3[O-])C=C2)C(OCC2CO2)OCC2CO2)cc1. The Hall–Kier alpha value is -5.79. The number of hydrogen-bond acceptors (Lipinski definition) is 15. The van der Waals surface area contributed by atoms with E-state index in [2.05, 4.69) is 6.58 Å². The number of nitrogens with zero attached hydrogens (tertiary/aromatic N) is 2. The highest BCUT2D eigenvalue weighted by Crippen LogP contribution is 2.39. The minimum atomic E-state index is -0.898. The van der Waals surface area contributed by atoms with Crippen molar-refractivity contribution >= 4 is 40.1 Å².